The van der Waals surface area contributed by atoms with Gasteiger partial charge in [-0.3, -0.25) is 14.9 Å². The molecule has 24 heavy (non-hydrogen) atoms. The Labute approximate surface area is 147 Å². The van der Waals surface area contributed by atoms with Gasteiger partial charge >= 0.3 is 0 Å². The van der Waals surface area contributed by atoms with Crippen LogP contribution >= 0.6 is 15.9 Å². The predicted molar refractivity (Wildman–Crippen MR) is 95.3 cm³/mol. The number of nitrogens with one attached hydrogen (secondary N) is 1. The molecule has 0 heterocycles. The fourth-order valence-corrected chi connectivity index (χ4v) is 2.27. The first-order chi connectivity index (χ1) is 11.5. The van der Waals surface area contributed by atoms with E-state index < -0.39 is 4.92 Å². The summed E-state index contributed by atoms with van der Waals surface area (Å²) < 4.78 is 6.40. The molecule has 6 nitrogen and oxygen atoms in total. The third-order valence-corrected chi connectivity index (χ3v) is 3.63. The van der Waals surface area contributed by atoms with Crippen molar-refractivity contribution in [2.45, 2.75) is 6.42 Å². The third kappa shape index (κ3) is 4.92. The highest BCUT2D eigenvalue weighted by molar-refractivity contribution is 9.10. The summed E-state index contributed by atoms with van der Waals surface area (Å²) in [5.41, 5.74) is 1.23. The van der Waals surface area contributed by atoms with Crippen LogP contribution in [0.2, 0.25) is 0 Å². The fraction of sp³-hybridized carbons (Fsp3) is 0.118. The molecule has 0 aliphatic rings. The van der Waals surface area contributed by atoms with Crippen molar-refractivity contribution in [3.63, 3.8) is 0 Å². The van der Waals surface area contributed by atoms with Crippen LogP contribution in [-0.2, 0) is 11.2 Å². The molecule has 0 saturated carbocycles. The number of hydrogen-bond donors (Lipinski definition) is 1. The number of non-ortho nitro benzene ring substituents is 1. The number of benzene rings is 2. The lowest BCUT2D eigenvalue weighted by atomic mass is 10.1. The number of halogens is 1. The van der Waals surface area contributed by atoms with Crippen LogP contribution in [0.15, 0.2) is 59.6 Å². The van der Waals surface area contributed by atoms with E-state index in [0.717, 1.165) is 4.47 Å². The zero-order valence-electron chi connectivity index (χ0n) is 12.7. The molecule has 0 radical (unpaired) electrons. The van der Waals surface area contributed by atoms with Gasteiger partial charge < -0.3 is 10.1 Å². The summed E-state index contributed by atoms with van der Waals surface area (Å²) in [4.78, 5) is 22.3. The smallest absolute Gasteiger partial charge is 0.269 e. The van der Waals surface area contributed by atoms with Crippen LogP contribution < -0.4 is 10.1 Å². The van der Waals surface area contributed by atoms with Gasteiger partial charge in [-0.1, -0.05) is 22.0 Å². The van der Waals surface area contributed by atoms with Crippen LogP contribution in [0.25, 0.3) is 0 Å². The maximum absolute atomic E-state index is 11.9. The molecule has 124 valence electrons. The normalized spacial score (nSPS) is 10.0. The number of carbonyl (C=O) groups is 1. The third-order valence-electron chi connectivity index (χ3n) is 3.11. The molecule has 7 heteroatoms. The van der Waals surface area contributed by atoms with Gasteiger partial charge in [0.1, 0.15) is 5.75 Å². The van der Waals surface area contributed by atoms with Crippen molar-refractivity contribution in [3.8, 4) is 5.75 Å². The van der Waals surface area contributed by atoms with Crippen LogP contribution in [0.3, 0.4) is 0 Å². The molecule has 0 bridgehead atoms. The zero-order chi connectivity index (χ0) is 17.5. The van der Waals surface area contributed by atoms with Crippen LogP contribution in [0.1, 0.15) is 5.56 Å². The highest BCUT2D eigenvalue weighted by Gasteiger charge is 2.12. The minimum absolute atomic E-state index is 0.0292. The predicted octanol–water partition coefficient (Wildman–Crippen LogP) is 4.10. The second-order valence-electron chi connectivity index (χ2n) is 4.89. The minimum Gasteiger partial charge on any atom is -0.483 e. The highest BCUT2D eigenvalue weighted by atomic mass is 79.9. The molecule has 1 N–H and O–H groups in total. The standard InChI is InChI=1S/C17H15BrN2O4/c1-2-3-12-10-15(20(22)23)8-9-16(12)24-11-17(21)19-14-6-4-13(18)5-7-14/h2,4-10H,1,3,11H2,(H,19,21). The number of hydrogen-bond acceptors (Lipinski definition) is 4. The first-order valence-corrected chi connectivity index (χ1v) is 7.85. The van der Waals surface area contributed by atoms with Crippen LogP contribution in [0, 0.1) is 10.1 Å². The van der Waals surface area contributed by atoms with E-state index in [0.29, 0.717) is 23.4 Å². The minimum atomic E-state index is -0.476. The summed E-state index contributed by atoms with van der Waals surface area (Å²) in [6, 6.07) is 11.4. The lowest BCUT2D eigenvalue weighted by Gasteiger charge is -2.11. The molecule has 2 rings (SSSR count). The molecule has 2 aromatic carbocycles. The van der Waals surface area contributed by atoms with Crippen molar-refractivity contribution >= 4 is 33.2 Å². The largest absolute Gasteiger partial charge is 0.483 e. The SMILES string of the molecule is C=CCc1cc([N+](=O)[O-])ccc1OCC(=O)Nc1ccc(Br)cc1. The number of allylic oxidation sites excluding steroid dienone is 1. The maximum Gasteiger partial charge on any atom is 0.269 e. The molecule has 0 aliphatic carbocycles. The van der Waals surface area contributed by atoms with Gasteiger partial charge in [-0.05, 0) is 36.8 Å². The number of nitro groups is 1. The topological polar surface area (TPSA) is 81.5 Å². The fourth-order valence-electron chi connectivity index (χ4n) is 2.01. The number of nitrogens with zero attached hydrogens (tertiary/aromatic N) is 1. The van der Waals surface area contributed by atoms with Gasteiger partial charge in [0.15, 0.2) is 6.61 Å². The number of rotatable bonds is 7. The molecular weight excluding hydrogens is 376 g/mol. The van der Waals surface area contributed by atoms with Crippen LogP contribution in [0.5, 0.6) is 5.75 Å². The van der Waals surface area contributed by atoms with E-state index in [9.17, 15) is 14.9 Å². The monoisotopic (exact) mass is 390 g/mol. The second-order valence-corrected chi connectivity index (χ2v) is 5.80. The van der Waals surface area contributed by atoms with Crippen molar-refractivity contribution in [3.05, 3.63) is 75.3 Å². The van der Waals surface area contributed by atoms with Crippen molar-refractivity contribution in [1.29, 1.82) is 0 Å². The Morgan fingerprint density at radius 3 is 2.62 bits per heavy atom. The molecule has 0 spiro atoms. The maximum atomic E-state index is 11.9. The molecule has 0 unspecified atom stereocenters. The Morgan fingerprint density at radius 1 is 1.29 bits per heavy atom. The lowest BCUT2D eigenvalue weighted by Crippen LogP contribution is -2.20. The Balaban J connectivity index is 2.02. The van der Waals surface area contributed by atoms with E-state index >= 15 is 0 Å². The van der Waals surface area contributed by atoms with Crippen molar-refractivity contribution in [2.24, 2.45) is 0 Å². The molecule has 1 amide bonds. The number of amides is 1. The summed E-state index contributed by atoms with van der Waals surface area (Å²) in [5, 5.41) is 13.5. The van der Waals surface area contributed by atoms with Gasteiger partial charge in [0, 0.05) is 27.9 Å². The Bertz CT molecular complexity index is 760. The van der Waals surface area contributed by atoms with Gasteiger partial charge in [0.05, 0.1) is 4.92 Å². The first kappa shape index (κ1) is 17.7. The summed E-state index contributed by atoms with van der Waals surface area (Å²) in [5.74, 6) is 0.103. The van der Waals surface area contributed by atoms with Gasteiger partial charge in [0.25, 0.3) is 11.6 Å². The Morgan fingerprint density at radius 2 is 2.00 bits per heavy atom. The van der Waals surface area contributed by atoms with Gasteiger partial charge in [-0.2, -0.15) is 0 Å². The molecule has 2 aromatic rings. The van der Waals surface area contributed by atoms with Gasteiger partial charge in [-0.25, -0.2) is 0 Å². The van der Waals surface area contributed by atoms with Gasteiger partial charge in [-0.15, -0.1) is 6.58 Å². The van der Waals surface area contributed by atoms with E-state index in [1.165, 1.54) is 18.2 Å². The molecule has 0 fully saturated rings. The van der Waals surface area contributed by atoms with Crippen LogP contribution in [-0.4, -0.2) is 17.4 Å². The Kier molecular flexibility index (Phi) is 6.08. The Hall–Kier alpha value is -2.67. The van der Waals surface area contributed by atoms with Crippen molar-refractivity contribution < 1.29 is 14.5 Å². The van der Waals surface area contributed by atoms with E-state index in [-0.39, 0.29) is 18.2 Å². The summed E-state index contributed by atoms with van der Waals surface area (Å²) >= 11 is 3.32. The van der Waals surface area contributed by atoms with Crippen molar-refractivity contribution in [1.82, 2.24) is 0 Å². The lowest BCUT2D eigenvalue weighted by molar-refractivity contribution is -0.384. The average molecular weight is 391 g/mol. The summed E-state index contributed by atoms with van der Waals surface area (Å²) in [6.07, 6.45) is 2.03. The van der Waals surface area contributed by atoms with E-state index in [4.69, 9.17) is 4.74 Å². The van der Waals surface area contributed by atoms with Crippen molar-refractivity contribution in [2.75, 3.05) is 11.9 Å². The number of nitro benzene ring substituents is 1. The molecule has 0 aliphatic heterocycles. The zero-order valence-corrected chi connectivity index (χ0v) is 14.3. The molecule has 0 atom stereocenters. The summed E-state index contributed by atoms with van der Waals surface area (Å²) in [7, 11) is 0. The van der Waals surface area contributed by atoms with E-state index in [2.05, 4.69) is 27.8 Å². The molecule has 0 aromatic heterocycles. The van der Waals surface area contributed by atoms with Crippen LogP contribution in [0.4, 0.5) is 11.4 Å². The first-order valence-electron chi connectivity index (χ1n) is 7.06. The molecule has 0 saturated heterocycles. The summed E-state index contributed by atoms with van der Waals surface area (Å²) in [6.45, 7) is 3.42. The number of carbonyl (C=O) groups excluding carboxylic acids is 1. The number of ether oxygens (including phenoxy) is 1. The molecular formula is C17H15BrN2O4. The van der Waals surface area contributed by atoms with E-state index in [1.54, 1.807) is 18.2 Å². The van der Waals surface area contributed by atoms with E-state index in [1.807, 2.05) is 12.1 Å². The van der Waals surface area contributed by atoms with Gasteiger partial charge in [0.2, 0.25) is 0 Å². The number of anilines is 1. The quantitative estimate of drug-likeness (QED) is 0.438. The second kappa shape index (κ2) is 8.26. The average Bonchev–Trinajstić information content (AvgIpc) is 2.56. The highest BCUT2D eigenvalue weighted by Crippen LogP contribution is 2.25.